The molecule has 2 N–H and O–H groups in total. The fourth-order valence-corrected chi connectivity index (χ4v) is 4.40. The Kier molecular flexibility index (Phi) is 5.17. The Morgan fingerprint density at radius 3 is 2.70 bits per heavy atom. The number of benzene rings is 2. The average molecular weight is 419 g/mol. The highest BCUT2D eigenvalue weighted by atomic mass is 35.5. The number of pyridine rings is 1. The smallest absolute Gasteiger partial charge is 0.237 e. The first-order valence-electron chi connectivity index (χ1n) is 9.49. The van der Waals surface area contributed by atoms with Crippen LogP contribution in [0.2, 0.25) is 0 Å². The van der Waals surface area contributed by atoms with Crippen molar-refractivity contribution in [1.29, 1.82) is 5.26 Å². The van der Waals surface area contributed by atoms with E-state index in [0.717, 1.165) is 29.8 Å². The van der Waals surface area contributed by atoms with E-state index in [4.69, 9.17) is 4.74 Å². The minimum Gasteiger partial charge on any atom is -0.438 e. The van der Waals surface area contributed by atoms with Gasteiger partial charge in [0.25, 0.3) is 0 Å². The Morgan fingerprint density at radius 2 is 1.90 bits per heavy atom. The van der Waals surface area contributed by atoms with E-state index in [1.165, 1.54) is 0 Å². The molecule has 0 aliphatic carbocycles. The van der Waals surface area contributed by atoms with Gasteiger partial charge in [0.05, 0.1) is 11.5 Å². The van der Waals surface area contributed by atoms with Crippen molar-refractivity contribution < 1.29 is 9.53 Å². The molecule has 2 unspecified atom stereocenters. The third-order valence-electron chi connectivity index (χ3n) is 5.74. The second-order valence-corrected chi connectivity index (χ2v) is 7.25. The van der Waals surface area contributed by atoms with Gasteiger partial charge < -0.3 is 15.4 Å². The van der Waals surface area contributed by atoms with E-state index in [1.807, 2.05) is 48.5 Å². The lowest BCUT2D eigenvalue weighted by Gasteiger charge is -2.29. The van der Waals surface area contributed by atoms with E-state index in [-0.39, 0.29) is 30.2 Å². The summed E-state index contributed by atoms with van der Waals surface area (Å²) in [6.45, 7) is 0.768. The maximum atomic E-state index is 13.0. The van der Waals surface area contributed by atoms with Crippen molar-refractivity contribution in [3.8, 4) is 17.7 Å². The van der Waals surface area contributed by atoms with Crippen molar-refractivity contribution in [2.45, 2.75) is 17.9 Å². The fraction of sp³-hybridized carbons (Fsp3) is 0.174. The summed E-state index contributed by atoms with van der Waals surface area (Å²) in [6.07, 6.45) is 2.34. The highest BCUT2D eigenvalue weighted by Crippen LogP contribution is 2.51. The number of nitriles is 1. The molecule has 6 nitrogen and oxygen atoms in total. The molecule has 3 heterocycles. The number of nitrogens with zero attached hydrogens (tertiary/aromatic N) is 2. The number of halogens is 1. The lowest BCUT2D eigenvalue weighted by atomic mass is 9.73. The Morgan fingerprint density at radius 1 is 1.10 bits per heavy atom. The number of amides is 1. The van der Waals surface area contributed by atoms with Crippen molar-refractivity contribution in [2.24, 2.45) is 0 Å². The van der Waals surface area contributed by atoms with Gasteiger partial charge in [-0.15, -0.1) is 12.4 Å². The van der Waals surface area contributed by atoms with Crippen LogP contribution in [0.25, 0.3) is 0 Å². The Bertz CT molecular complexity index is 1140. The molecule has 0 saturated carbocycles. The minimum atomic E-state index is -0.603. The van der Waals surface area contributed by atoms with Crippen molar-refractivity contribution >= 4 is 24.0 Å². The number of aromatic nitrogens is 1. The average Bonchev–Trinajstić information content (AvgIpc) is 3.32. The normalized spacial score (nSPS) is 21.4. The summed E-state index contributed by atoms with van der Waals surface area (Å²) < 4.78 is 5.78. The maximum absolute atomic E-state index is 13.0. The monoisotopic (exact) mass is 418 g/mol. The molecule has 2 aliphatic heterocycles. The van der Waals surface area contributed by atoms with Crippen LogP contribution in [0.4, 0.5) is 5.69 Å². The summed E-state index contributed by atoms with van der Waals surface area (Å²) in [6, 6.07) is 20.8. The summed E-state index contributed by atoms with van der Waals surface area (Å²) in [5.74, 6) is 0.913. The molecule has 1 spiro atoms. The van der Waals surface area contributed by atoms with E-state index in [1.54, 1.807) is 18.3 Å². The zero-order valence-corrected chi connectivity index (χ0v) is 16.8. The Balaban J connectivity index is 0.00000218. The Labute approximate surface area is 180 Å². The summed E-state index contributed by atoms with van der Waals surface area (Å²) in [7, 11) is 0. The standard InChI is InChI=1S/C23H18N4O2.ClH/c24-14-16-4-3-12-26-21(16)29-17-9-7-15(8-10-17)20-23(11-13-25-20)18-5-1-2-6-19(18)27-22(23)28;/h1-10,12,20,25H,11,13H2,(H,27,28);1H. The van der Waals surface area contributed by atoms with Gasteiger partial charge in [0.15, 0.2) is 0 Å². The van der Waals surface area contributed by atoms with Gasteiger partial charge in [-0.1, -0.05) is 30.3 Å². The quantitative estimate of drug-likeness (QED) is 0.668. The first kappa shape index (κ1) is 19.9. The highest BCUT2D eigenvalue weighted by Gasteiger charge is 2.55. The van der Waals surface area contributed by atoms with Crippen molar-refractivity contribution in [1.82, 2.24) is 10.3 Å². The number of hydrogen-bond donors (Lipinski definition) is 2. The van der Waals surface area contributed by atoms with Gasteiger partial charge in [0, 0.05) is 11.9 Å². The number of para-hydroxylation sites is 1. The van der Waals surface area contributed by atoms with Gasteiger partial charge in [-0.05, 0) is 54.4 Å². The maximum Gasteiger partial charge on any atom is 0.237 e. The van der Waals surface area contributed by atoms with E-state index >= 15 is 0 Å². The lowest BCUT2D eigenvalue weighted by molar-refractivity contribution is -0.121. The molecule has 2 atom stereocenters. The minimum absolute atomic E-state index is 0. The molecular formula is C23H19ClN4O2. The first-order valence-corrected chi connectivity index (χ1v) is 9.49. The molecule has 2 aliphatic rings. The SMILES string of the molecule is Cl.N#Cc1cccnc1Oc1ccc(C2NCCC23C(=O)Nc2ccccc23)cc1. The molecular weight excluding hydrogens is 400 g/mol. The molecule has 5 rings (SSSR count). The van der Waals surface area contributed by atoms with Gasteiger partial charge in [-0.3, -0.25) is 4.79 Å². The van der Waals surface area contributed by atoms with E-state index in [0.29, 0.717) is 11.3 Å². The molecule has 1 amide bonds. The number of ether oxygens (including phenoxy) is 1. The van der Waals surface area contributed by atoms with Gasteiger partial charge in [-0.2, -0.15) is 5.26 Å². The first-order chi connectivity index (χ1) is 14.2. The number of carbonyl (C=O) groups excluding carboxylic acids is 1. The van der Waals surface area contributed by atoms with Crippen LogP contribution in [-0.4, -0.2) is 17.4 Å². The number of anilines is 1. The number of fused-ring (bicyclic) bond motifs is 2. The molecule has 30 heavy (non-hydrogen) atoms. The summed E-state index contributed by atoms with van der Waals surface area (Å²) >= 11 is 0. The van der Waals surface area contributed by atoms with Crippen LogP contribution in [0.5, 0.6) is 11.6 Å². The van der Waals surface area contributed by atoms with Crippen LogP contribution in [0.1, 0.15) is 29.2 Å². The largest absolute Gasteiger partial charge is 0.438 e. The zero-order chi connectivity index (χ0) is 19.8. The number of rotatable bonds is 3. The van der Waals surface area contributed by atoms with Gasteiger partial charge >= 0.3 is 0 Å². The second-order valence-electron chi connectivity index (χ2n) is 7.25. The number of hydrogen-bond acceptors (Lipinski definition) is 5. The predicted octanol–water partition coefficient (Wildman–Crippen LogP) is 4.09. The van der Waals surface area contributed by atoms with E-state index in [2.05, 4.69) is 21.7 Å². The van der Waals surface area contributed by atoms with Crippen LogP contribution < -0.4 is 15.4 Å². The number of carbonyl (C=O) groups is 1. The summed E-state index contributed by atoms with van der Waals surface area (Å²) in [5.41, 5.74) is 2.74. The molecule has 1 saturated heterocycles. The molecule has 150 valence electrons. The lowest BCUT2D eigenvalue weighted by Crippen LogP contribution is -2.39. The second kappa shape index (κ2) is 7.79. The summed E-state index contributed by atoms with van der Waals surface area (Å²) in [4.78, 5) is 17.1. The van der Waals surface area contributed by atoms with Crippen molar-refractivity contribution in [2.75, 3.05) is 11.9 Å². The Hall–Kier alpha value is -3.40. The van der Waals surface area contributed by atoms with Crippen LogP contribution in [0.15, 0.2) is 66.9 Å². The molecule has 2 aromatic carbocycles. The van der Waals surface area contributed by atoms with Gasteiger partial charge in [0.2, 0.25) is 11.8 Å². The summed E-state index contributed by atoms with van der Waals surface area (Å²) in [5, 5.41) is 15.7. The molecule has 3 aromatic rings. The third kappa shape index (κ3) is 3.00. The van der Waals surface area contributed by atoms with Crippen molar-refractivity contribution in [3.05, 3.63) is 83.6 Å². The zero-order valence-electron chi connectivity index (χ0n) is 16.0. The van der Waals surface area contributed by atoms with Crippen LogP contribution in [0, 0.1) is 11.3 Å². The van der Waals surface area contributed by atoms with E-state index < -0.39 is 5.41 Å². The van der Waals surface area contributed by atoms with Crippen LogP contribution in [0.3, 0.4) is 0 Å². The predicted molar refractivity (Wildman–Crippen MR) is 115 cm³/mol. The van der Waals surface area contributed by atoms with Gasteiger partial charge in [0.1, 0.15) is 17.4 Å². The van der Waals surface area contributed by atoms with E-state index in [9.17, 15) is 10.1 Å². The molecule has 0 radical (unpaired) electrons. The number of nitrogens with one attached hydrogen (secondary N) is 2. The van der Waals surface area contributed by atoms with Gasteiger partial charge in [-0.25, -0.2) is 4.98 Å². The van der Waals surface area contributed by atoms with Crippen molar-refractivity contribution in [3.63, 3.8) is 0 Å². The highest BCUT2D eigenvalue weighted by molar-refractivity contribution is 6.07. The molecule has 1 fully saturated rings. The molecule has 1 aromatic heterocycles. The topological polar surface area (TPSA) is 87.0 Å². The third-order valence-corrected chi connectivity index (χ3v) is 5.74. The van der Waals surface area contributed by atoms with Crippen LogP contribution >= 0.6 is 12.4 Å². The molecule has 7 heteroatoms. The molecule has 0 bridgehead atoms. The fourth-order valence-electron chi connectivity index (χ4n) is 4.40. The van der Waals surface area contributed by atoms with Crippen LogP contribution in [-0.2, 0) is 10.2 Å².